The molecule has 0 aliphatic carbocycles. The second-order valence-corrected chi connectivity index (χ2v) is 5.64. The Bertz CT molecular complexity index is 290. The van der Waals surface area contributed by atoms with Gasteiger partial charge in [0.1, 0.15) is 0 Å². The van der Waals surface area contributed by atoms with E-state index >= 15 is 0 Å². The third-order valence-electron chi connectivity index (χ3n) is 2.03. The monoisotopic (exact) mass is 277 g/mol. The van der Waals surface area contributed by atoms with Crippen LogP contribution in [0.25, 0.3) is 0 Å². The van der Waals surface area contributed by atoms with Gasteiger partial charge in [-0.05, 0) is 25.7 Å². The number of hydrogen-bond acceptors (Lipinski definition) is 3. The smallest absolute Gasteiger partial charge is 0.389 e. The zero-order valence-electron chi connectivity index (χ0n) is 9.46. The highest BCUT2D eigenvalue weighted by molar-refractivity contribution is 7.89. The molecular formula is C9H18F3NO3S. The number of halogens is 3. The van der Waals surface area contributed by atoms with E-state index in [1.54, 1.807) is 0 Å². The second-order valence-electron chi connectivity index (χ2n) is 3.72. The van der Waals surface area contributed by atoms with Gasteiger partial charge in [0.25, 0.3) is 0 Å². The largest absolute Gasteiger partial charge is 0.396 e. The van der Waals surface area contributed by atoms with Crippen LogP contribution in [0.1, 0.15) is 32.1 Å². The summed E-state index contributed by atoms with van der Waals surface area (Å²) in [4.78, 5) is 0. The van der Waals surface area contributed by atoms with Crippen molar-refractivity contribution in [3.63, 3.8) is 0 Å². The van der Waals surface area contributed by atoms with Gasteiger partial charge in [0.15, 0.2) is 0 Å². The van der Waals surface area contributed by atoms with E-state index < -0.39 is 22.6 Å². The first-order valence-electron chi connectivity index (χ1n) is 5.42. The minimum Gasteiger partial charge on any atom is -0.396 e. The fraction of sp³-hybridized carbons (Fsp3) is 1.00. The number of unbranched alkanes of at least 4 members (excludes halogenated alkanes) is 2. The summed E-state index contributed by atoms with van der Waals surface area (Å²) in [5.41, 5.74) is 0. The van der Waals surface area contributed by atoms with E-state index in [2.05, 4.69) is 4.72 Å². The molecule has 0 radical (unpaired) electrons. The maximum absolute atomic E-state index is 11.8. The van der Waals surface area contributed by atoms with Crippen LogP contribution >= 0.6 is 0 Å². The molecule has 4 nitrogen and oxygen atoms in total. The van der Waals surface area contributed by atoms with Gasteiger partial charge in [-0.1, -0.05) is 0 Å². The van der Waals surface area contributed by atoms with E-state index in [-0.39, 0.29) is 31.7 Å². The number of nitrogens with one attached hydrogen (secondary N) is 1. The van der Waals surface area contributed by atoms with Crippen LogP contribution in [0.5, 0.6) is 0 Å². The zero-order valence-corrected chi connectivity index (χ0v) is 10.3. The molecule has 0 heterocycles. The van der Waals surface area contributed by atoms with E-state index in [0.717, 1.165) is 0 Å². The van der Waals surface area contributed by atoms with Gasteiger partial charge < -0.3 is 5.11 Å². The fourth-order valence-corrected chi connectivity index (χ4v) is 2.34. The molecule has 17 heavy (non-hydrogen) atoms. The third-order valence-corrected chi connectivity index (χ3v) is 3.50. The number of alkyl halides is 3. The van der Waals surface area contributed by atoms with Gasteiger partial charge in [-0.2, -0.15) is 13.2 Å². The number of aliphatic hydroxyl groups excluding tert-OH is 1. The van der Waals surface area contributed by atoms with Crippen molar-refractivity contribution >= 4 is 10.0 Å². The van der Waals surface area contributed by atoms with E-state index in [0.29, 0.717) is 12.8 Å². The molecular weight excluding hydrogens is 259 g/mol. The van der Waals surface area contributed by atoms with Gasteiger partial charge in [-0.15, -0.1) is 0 Å². The summed E-state index contributed by atoms with van der Waals surface area (Å²) in [5, 5.41) is 8.46. The minimum absolute atomic E-state index is 0.0253. The molecule has 0 amide bonds. The lowest BCUT2D eigenvalue weighted by Crippen LogP contribution is -2.27. The zero-order chi connectivity index (χ0) is 13.4. The van der Waals surface area contributed by atoms with Crippen LogP contribution in [0.3, 0.4) is 0 Å². The summed E-state index contributed by atoms with van der Waals surface area (Å²) >= 11 is 0. The Morgan fingerprint density at radius 3 is 2.24 bits per heavy atom. The van der Waals surface area contributed by atoms with Gasteiger partial charge in [0.05, 0.1) is 5.75 Å². The topological polar surface area (TPSA) is 66.4 Å². The van der Waals surface area contributed by atoms with Crippen molar-refractivity contribution in [2.75, 3.05) is 18.9 Å². The van der Waals surface area contributed by atoms with Crippen LogP contribution in [0.4, 0.5) is 13.2 Å². The quantitative estimate of drug-likeness (QED) is 0.626. The Balaban J connectivity index is 3.59. The number of aliphatic hydroxyl groups is 1. The highest BCUT2D eigenvalue weighted by Crippen LogP contribution is 2.21. The Hall–Kier alpha value is -0.340. The molecule has 0 aliphatic rings. The second kappa shape index (κ2) is 7.88. The van der Waals surface area contributed by atoms with Crippen molar-refractivity contribution < 1.29 is 26.7 Å². The predicted octanol–water partition coefficient (Wildman–Crippen LogP) is 1.41. The number of sulfonamides is 1. The Morgan fingerprint density at radius 2 is 1.71 bits per heavy atom. The molecule has 0 unspecified atom stereocenters. The molecule has 0 rings (SSSR count). The lowest BCUT2D eigenvalue weighted by Gasteiger charge is -2.07. The van der Waals surface area contributed by atoms with Crippen LogP contribution in [0.15, 0.2) is 0 Å². The molecule has 0 saturated carbocycles. The molecule has 0 aromatic rings. The molecule has 0 aromatic carbocycles. The summed E-state index contributed by atoms with van der Waals surface area (Å²) in [7, 11) is -3.41. The van der Waals surface area contributed by atoms with Crippen LogP contribution in [0.2, 0.25) is 0 Å². The van der Waals surface area contributed by atoms with Crippen molar-refractivity contribution in [3.8, 4) is 0 Å². The summed E-state index contributed by atoms with van der Waals surface area (Å²) in [5.74, 6) is -0.104. The maximum Gasteiger partial charge on any atom is 0.389 e. The molecule has 0 spiro atoms. The third kappa shape index (κ3) is 11.9. The SMILES string of the molecule is O=S(=O)(CCCCO)NCCCCC(F)(F)F. The van der Waals surface area contributed by atoms with Crippen molar-refractivity contribution in [1.29, 1.82) is 0 Å². The molecule has 0 atom stereocenters. The highest BCUT2D eigenvalue weighted by atomic mass is 32.2. The van der Waals surface area contributed by atoms with E-state index in [9.17, 15) is 21.6 Å². The average molecular weight is 277 g/mol. The van der Waals surface area contributed by atoms with Gasteiger partial charge >= 0.3 is 6.18 Å². The number of hydrogen-bond donors (Lipinski definition) is 2. The lowest BCUT2D eigenvalue weighted by atomic mass is 10.2. The fourth-order valence-electron chi connectivity index (χ4n) is 1.15. The molecule has 8 heteroatoms. The summed E-state index contributed by atoms with van der Waals surface area (Å²) in [6.07, 6.45) is -4.25. The van der Waals surface area contributed by atoms with Crippen molar-refractivity contribution in [1.82, 2.24) is 4.72 Å². The van der Waals surface area contributed by atoms with E-state index in [1.165, 1.54) is 0 Å². The average Bonchev–Trinajstić information content (AvgIpc) is 2.15. The lowest BCUT2D eigenvalue weighted by molar-refractivity contribution is -0.135. The van der Waals surface area contributed by atoms with Crippen molar-refractivity contribution in [3.05, 3.63) is 0 Å². The molecule has 0 bridgehead atoms. The van der Waals surface area contributed by atoms with Crippen molar-refractivity contribution in [2.45, 2.75) is 38.3 Å². The van der Waals surface area contributed by atoms with Crippen molar-refractivity contribution in [2.24, 2.45) is 0 Å². The normalized spacial score (nSPS) is 12.9. The highest BCUT2D eigenvalue weighted by Gasteiger charge is 2.25. The molecule has 104 valence electrons. The molecule has 2 N–H and O–H groups in total. The van der Waals surface area contributed by atoms with Gasteiger partial charge in [0, 0.05) is 19.6 Å². The number of rotatable bonds is 9. The van der Waals surface area contributed by atoms with Gasteiger partial charge in [-0.25, -0.2) is 13.1 Å². The van der Waals surface area contributed by atoms with Crippen LogP contribution in [-0.2, 0) is 10.0 Å². The summed E-state index contributed by atoms with van der Waals surface area (Å²) in [6, 6.07) is 0. The first-order valence-corrected chi connectivity index (χ1v) is 7.07. The van der Waals surface area contributed by atoms with Crippen LogP contribution in [0, 0.1) is 0 Å². The van der Waals surface area contributed by atoms with Crippen LogP contribution in [-0.4, -0.2) is 38.6 Å². The minimum atomic E-state index is -4.18. The summed E-state index contributed by atoms with van der Waals surface area (Å²) in [6.45, 7) is -0.0430. The first-order chi connectivity index (χ1) is 7.77. The van der Waals surface area contributed by atoms with E-state index in [4.69, 9.17) is 5.11 Å². The Kier molecular flexibility index (Phi) is 7.73. The van der Waals surface area contributed by atoms with Gasteiger partial charge in [-0.3, -0.25) is 0 Å². The molecule has 0 saturated heterocycles. The molecule has 0 fully saturated rings. The van der Waals surface area contributed by atoms with Crippen LogP contribution < -0.4 is 4.72 Å². The van der Waals surface area contributed by atoms with Gasteiger partial charge in [0.2, 0.25) is 10.0 Å². The predicted molar refractivity (Wildman–Crippen MR) is 58.0 cm³/mol. The first kappa shape index (κ1) is 16.7. The molecule has 0 aliphatic heterocycles. The Labute approximate surface area is 99.3 Å². The summed E-state index contributed by atoms with van der Waals surface area (Å²) < 4.78 is 60.0. The molecule has 0 aromatic heterocycles. The van der Waals surface area contributed by atoms with E-state index in [1.807, 2.05) is 0 Å². The Morgan fingerprint density at radius 1 is 1.06 bits per heavy atom. The maximum atomic E-state index is 11.8. The standard InChI is InChI=1S/C9H18F3NO3S/c10-9(11,12)5-1-2-6-13-17(15,16)8-4-3-7-14/h13-14H,1-8H2.